The molecule has 0 saturated heterocycles. The lowest BCUT2D eigenvalue weighted by Gasteiger charge is -2.21. The summed E-state index contributed by atoms with van der Waals surface area (Å²) >= 11 is 0. The van der Waals surface area contributed by atoms with Gasteiger partial charge in [0.25, 0.3) is 0 Å². The van der Waals surface area contributed by atoms with E-state index in [0.29, 0.717) is 23.3 Å². The minimum absolute atomic E-state index is 0.0357. The van der Waals surface area contributed by atoms with Gasteiger partial charge >= 0.3 is 5.97 Å². The highest BCUT2D eigenvalue weighted by Crippen LogP contribution is 2.48. The molecule has 2 bridgehead atoms. The van der Waals surface area contributed by atoms with Gasteiger partial charge in [-0.15, -0.1) is 0 Å². The van der Waals surface area contributed by atoms with E-state index in [4.69, 9.17) is 9.84 Å². The largest absolute Gasteiger partial charge is 0.480 e. The summed E-state index contributed by atoms with van der Waals surface area (Å²) in [4.78, 5) is 23.0. The summed E-state index contributed by atoms with van der Waals surface area (Å²) in [6.07, 6.45) is 4.57. The van der Waals surface area contributed by atoms with Crippen molar-refractivity contribution in [2.45, 2.75) is 25.7 Å². The number of carbonyl (C=O) groups excluding carboxylic acids is 1. The van der Waals surface area contributed by atoms with Gasteiger partial charge in [-0.2, -0.15) is 0 Å². The molecule has 21 heavy (non-hydrogen) atoms. The average molecular weight is 289 g/mol. The molecule has 3 atom stereocenters. The van der Waals surface area contributed by atoms with E-state index in [1.165, 1.54) is 12.8 Å². The van der Waals surface area contributed by atoms with Gasteiger partial charge in [0.2, 0.25) is 5.91 Å². The molecule has 3 rings (SSSR count). The summed E-state index contributed by atoms with van der Waals surface area (Å²) < 4.78 is 5.21. The van der Waals surface area contributed by atoms with E-state index in [9.17, 15) is 9.59 Å². The first-order valence-corrected chi connectivity index (χ1v) is 7.38. The van der Waals surface area contributed by atoms with E-state index in [-0.39, 0.29) is 11.8 Å². The zero-order valence-corrected chi connectivity index (χ0v) is 11.7. The van der Waals surface area contributed by atoms with E-state index in [2.05, 4.69) is 5.32 Å². The van der Waals surface area contributed by atoms with E-state index in [1.807, 2.05) is 0 Å². The number of hydrogen-bond acceptors (Lipinski definition) is 3. The van der Waals surface area contributed by atoms with Gasteiger partial charge in [0.15, 0.2) is 6.61 Å². The van der Waals surface area contributed by atoms with Crippen LogP contribution in [-0.4, -0.2) is 23.6 Å². The lowest BCUT2D eigenvalue weighted by molar-refractivity contribution is -0.139. The Morgan fingerprint density at radius 3 is 2.71 bits per heavy atom. The molecule has 2 aliphatic rings. The van der Waals surface area contributed by atoms with Crippen LogP contribution in [0.4, 0.5) is 5.69 Å². The number of ether oxygens (including phenoxy) is 1. The summed E-state index contributed by atoms with van der Waals surface area (Å²) in [5.41, 5.74) is 0.548. The Kier molecular flexibility index (Phi) is 3.82. The zero-order valence-electron chi connectivity index (χ0n) is 11.7. The third-order valence-electron chi connectivity index (χ3n) is 4.57. The minimum Gasteiger partial charge on any atom is -0.480 e. The number of amides is 1. The lowest BCUT2D eigenvalue weighted by atomic mass is 9.88. The molecule has 5 nitrogen and oxygen atoms in total. The summed E-state index contributed by atoms with van der Waals surface area (Å²) in [5, 5.41) is 11.6. The summed E-state index contributed by atoms with van der Waals surface area (Å²) in [6, 6.07) is 6.95. The second-order valence-electron chi connectivity index (χ2n) is 5.95. The maximum absolute atomic E-state index is 12.4. The number of rotatable bonds is 5. The molecule has 2 aliphatic carbocycles. The Hall–Kier alpha value is -2.04. The van der Waals surface area contributed by atoms with Gasteiger partial charge in [0.1, 0.15) is 5.75 Å². The van der Waals surface area contributed by atoms with Crippen LogP contribution in [-0.2, 0) is 9.59 Å². The number of para-hydroxylation sites is 2. The number of carboxylic acids is 1. The van der Waals surface area contributed by atoms with Crippen molar-refractivity contribution in [1.82, 2.24) is 0 Å². The Bertz CT molecular complexity index is 557. The first-order chi connectivity index (χ1) is 10.1. The predicted molar refractivity (Wildman–Crippen MR) is 77.1 cm³/mol. The van der Waals surface area contributed by atoms with Crippen molar-refractivity contribution in [2.24, 2.45) is 17.8 Å². The maximum atomic E-state index is 12.4. The third-order valence-corrected chi connectivity index (χ3v) is 4.57. The molecule has 3 unspecified atom stereocenters. The fraction of sp³-hybridized carbons (Fsp3) is 0.500. The molecule has 0 aliphatic heterocycles. The van der Waals surface area contributed by atoms with Crippen LogP contribution >= 0.6 is 0 Å². The van der Waals surface area contributed by atoms with Crippen molar-refractivity contribution in [2.75, 3.05) is 11.9 Å². The molecule has 0 radical (unpaired) electrons. The number of aliphatic carboxylic acids is 1. The Morgan fingerprint density at radius 1 is 1.24 bits per heavy atom. The topological polar surface area (TPSA) is 75.6 Å². The van der Waals surface area contributed by atoms with Crippen LogP contribution in [0, 0.1) is 17.8 Å². The van der Waals surface area contributed by atoms with Crippen molar-refractivity contribution >= 4 is 17.6 Å². The molecule has 0 heterocycles. The van der Waals surface area contributed by atoms with Gasteiger partial charge in [-0.25, -0.2) is 4.79 Å². The van der Waals surface area contributed by atoms with Crippen molar-refractivity contribution in [3.05, 3.63) is 24.3 Å². The molecule has 2 N–H and O–H groups in total. The van der Waals surface area contributed by atoms with E-state index >= 15 is 0 Å². The van der Waals surface area contributed by atoms with Crippen molar-refractivity contribution in [3.63, 3.8) is 0 Å². The third kappa shape index (κ3) is 3.01. The monoisotopic (exact) mass is 289 g/mol. The Balaban J connectivity index is 1.67. The Labute approximate surface area is 123 Å². The predicted octanol–water partition coefficient (Wildman–Crippen LogP) is 2.52. The number of fused-ring (bicyclic) bond motifs is 2. The van der Waals surface area contributed by atoms with Crippen molar-refractivity contribution in [3.8, 4) is 5.75 Å². The van der Waals surface area contributed by atoms with Gasteiger partial charge in [-0.3, -0.25) is 4.79 Å². The summed E-state index contributed by atoms with van der Waals surface area (Å²) in [6.45, 7) is -0.416. The fourth-order valence-corrected chi connectivity index (χ4v) is 3.63. The molecule has 2 fully saturated rings. The number of hydrogen-bond donors (Lipinski definition) is 2. The van der Waals surface area contributed by atoms with Gasteiger partial charge in [0, 0.05) is 5.92 Å². The molecule has 1 aromatic carbocycles. The fourth-order valence-electron chi connectivity index (χ4n) is 3.63. The van der Waals surface area contributed by atoms with Crippen LogP contribution < -0.4 is 10.1 Å². The highest BCUT2D eigenvalue weighted by Gasteiger charge is 2.43. The standard InChI is InChI=1S/C16H19NO4/c18-15(19)9-21-14-4-2-1-3-13(14)17-16(20)12-8-10-5-6-11(12)7-10/h1-4,10-12H,5-9H2,(H,17,20)(H,18,19). The van der Waals surface area contributed by atoms with E-state index in [1.54, 1.807) is 24.3 Å². The molecule has 2 saturated carbocycles. The second-order valence-corrected chi connectivity index (χ2v) is 5.95. The zero-order chi connectivity index (χ0) is 14.8. The number of carboxylic acid groups (broad SMARTS) is 1. The second kappa shape index (κ2) is 5.76. The Morgan fingerprint density at radius 2 is 2.05 bits per heavy atom. The molecule has 1 amide bonds. The number of nitrogens with one attached hydrogen (secondary N) is 1. The van der Waals surface area contributed by atoms with Crippen LogP contribution in [0.2, 0.25) is 0 Å². The lowest BCUT2D eigenvalue weighted by Crippen LogP contribution is -2.27. The van der Waals surface area contributed by atoms with Gasteiger partial charge in [0.05, 0.1) is 5.69 Å². The molecule has 0 aromatic heterocycles. The highest BCUT2D eigenvalue weighted by atomic mass is 16.5. The van der Waals surface area contributed by atoms with Crippen LogP contribution in [0.5, 0.6) is 5.75 Å². The van der Waals surface area contributed by atoms with E-state index in [0.717, 1.165) is 12.8 Å². The number of carbonyl (C=O) groups is 2. The highest BCUT2D eigenvalue weighted by molar-refractivity contribution is 5.94. The number of anilines is 1. The summed E-state index contributed by atoms with van der Waals surface area (Å²) in [5.74, 6) is 0.719. The van der Waals surface area contributed by atoms with Crippen molar-refractivity contribution in [1.29, 1.82) is 0 Å². The van der Waals surface area contributed by atoms with Crippen LogP contribution in [0.3, 0.4) is 0 Å². The van der Waals surface area contributed by atoms with Gasteiger partial charge < -0.3 is 15.2 Å². The van der Waals surface area contributed by atoms with Gasteiger partial charge in [-0.1, -0.05) is 18.6 Å². The minimum atomic E-state index is -1.04. The molecule has 0 spiro atoms. The quantitative estimate of drug-likeness (QED) is 0.873. The summed E-state index contributed by atoms with van der Waals surface area (Å²) in [7, 11) is 0. The van der Waals surface area contributed by atoms with Crippen LogP contribution in [0.25, 0.3) is 0 Å². The SMILES string of the molecule is O=C(O)COc1ccccc1NC(=O)C1CC2CCC1C2. The van der Waals surface area contributed by atoms with Crippen molar-refractivity contribution < 1.29 is 19.4 Å². The first kappa shape index (κ1) is 13.9. The number of benzene rings is 1. The first-order valence-electron chi connectivity index (χ1n) is 7.38. The van der Waals surface area contributed by atoms with Crippen LogP contribution in [0.1, 0.15) is 25.7 Å². The molecule has 112 valence electrons. The van der Waals surface area contributed by atoms with E-state index < -0.39 is 12.6 Å². The smallest absolute Gasteiger partial charge is 0.341 e. The molecular weight excluding hydrogens is 270 g/mol. The molecule has 1 aromatic rings. The van der Waals surface area contributed by atoms with Gasteiger partial charge in [-0.05, 0) is 43.2 Å². The molecule has 5 heteroatoms. The average Bonchev–Trinajstić information content (AvgIpc) is 3.09. The maximum Gasteiger partial charge on any atom is 0.341 e. The van der Waals surface area contributed by atoms with Crippen LogP contribution in [0.15, 0.2) is 24.3 Å². The normalized spacial score (nSPS) is 26.6. The molecular formula is C16H19NO4.